The number of aromatic amines is 1. The van der Waals surface area contributed by atoms with Crippen molar-refractivity contribution in [2.24, 2.45) is 5.92 Å². The van der Waals surface area contributed by atoms with Crippen LogP contribution < -0.4 is 15.8 Å². The number of nitrogens with one attached hydrogen (secondary N) is 2. The molecule has 26 heavy (non-hydrogen) atoms. The van der Waals surface area contributed by atoms with Gasteiger partial charge in [0.25, 0.3) is 5.56 Å². The number of carbonyl (C=O) groups is 1. The Labute approximate surface area is 153 Å². The van der Waals surface area contributed by atoms with Crippen LogP contribution in [-0.2, 0) is 11.2 Å². The molecule has 2 aromatic rings. The van der Waals surface area contributed by atoms with Gasteiger partial charge in [0.2, 0.25) is 11.9 Å². The van der Waals surface area contributed by atoms with Gasteiger partial charge in [-0.05, 0) is 31.2 Å². The second-order valence-electron chi connectivity index (χ2n) is 7.12. The highest BCUT2D eigenvalue weighted by molar-refractivity contribution is 5.78. The minimum absolute atomic E-state index is 0.0841. The van der Waals surface area contributed by atoms with E-state index < -0.39 is 0 Å². The van der Waals surface area contributed by atoms with Crippen LogP contribution in [-0.4, -0.2) is 29.0 Å². The SMILES string of the molecule is CC1CCN(c2nc(C(C)NC(=O)Cc3ccccc3)cc(=O)[nH]2)CC1. The van der Waals surface area contributed by atoms with E-state index in [0.717, 1.165) is 31.5 Å². The van der Waals surface area contributed by atoms with Crippen molar-refractivity contribution in [2.75, 3.05) is 18.0 Å². The normalized spacial score (nSPS) is 16.3. The highest BCUT2D eigenvalue weighted by atomic mass is 16.1. The molecular formula is C20H26N4O2. The van der Waals surface area contributed by atoms with Gasteiger partial charge in [-0.1, -0.05) is 37.3 Å². The Hall–Kier alpha value is -2.63. The summed E-state index contributed by atoms with van der Waals surface area (Å²) < 4.78 is 0. The molecule has 1 aliphatic heterocycles. The van der Waals surface area contributed by atoms with Crippen molar-refractivity contribution >= 4 is 11.9 Å². The zero-order valence-corrected chi connectivity index (χ0v) is 15.4. The van der Waals surface area contributed by atoms with Crippen LogP contribution in [0.15, 0.2) is 41.2 Å². The van der Waals surface area contributed by atoms with Crippen molar-refractivity contribution in [3.63, 3.8) is 0 Å². The Kier molecular flexibility index (Phi) is 5.71. The molecule has 1 unspecified atom stereocenters. The summed E-state index contributed by atoms with van der Waals surface area (Å²) in [6.07, 6.45) is 2.50. The summed E-state index contributed by atoms with van der Waals surface area (Å²) in [5.74, 6) is 1.22. The van der Waals surface area contributed by atoms with E-state index in [2.05, 4.69) is 27.1 Å². The first-order valence-electron chi connectivity index (χ1n) is 9.21. The van der Waals surface area contributed by atoms with E-state index >= 15 is 0 Å². The fourth-order valence-corrected chi connectivity index (χ4v) is 3.20. The highest BCUT2D eigenvalue weighted by Crippen LogP contribution is 2.20. The lowest BCUT2D eigenvalue weighted by Gasteiger charge is -2.31. The predicted molar refractivity (Wildman–Crippen MR) is 102 cm³/mol. The fraction of sp³-hybridized carbons (Fsp3) is 0.450. The van der Waals surface area contributed by atoms with Crippen molar-refractivity contribution in [3.8, 4) is 0 Å². The van der Waals surface area contributed by atoms with Gasteiger partial charge in [0.15, 0.2) is 0 Å². The molecule has 6 heteroatoms. The number of hydrogen-bond acceptors (Lipinski definition) is 4. The second-order valence-corrected chi connectivity index (χ2v) is 7.12. The highest BCUT2D eigenvalue weighted by Gasteiger charge is 2.20. The monoisotopic (exact) mass is 354 g/mol. The quantitative estimate of drug-likeness (QED) is 0.864. The van der Waals surface area contributed by atoms with Crippen LogP contribution >= 0.6 is 0 Å². The maximum atomic E-state index is 12.3. The Morgan fingerprint density at radius 2 is 2.00 bits per heavy atom. The van der Waals surface area contributed by atoms with E-state index in [1.165, 1.54) is 6.07 Å². The molecule has 1 fully saturated rings. The Balaban J connectivity index is 1.68. The third-order valence-electron chi connectivity index (χ3n) is 4.86. The van der Waals surface area contributed by atoms with Gasteiger partial charge in [-0.2, -0.15) is 0 Å². The van der Waals surface area contributed by atoms with Gasteiger partial charge in [0.1, 0.15) is 0 Å². The summed E-state index contributed by atoms with van der Waals surface area (Å²) in [7, 11) is 0. The van der Waals surface area contributed by atoms with E-state index in [1.807, 2.05) is 37.3 Å². The fourth-order valence-electron chi connectivity index (χ4n) is 3.20. The van der Waals surface area contributed by atoms with Gasteiger partial charge < -0.3 is 10.2 Å². The number of hydrogen-bond donors (Lipinski definition) is 2. The maximum Gasteiger partial charge on any atom is 0.252 e. The van der Waals surface area contributed by atoms with Crippen molar-refractivity contribution in [1.29, 1.82) is 0 Å². The van der Waals surface area contributed by atoms with Crippen LogP contribution in [0.25, 0.3) is 0 Å². The molecule has 1 aromatic carbocycles. The zero-order chi connectivity index (χ0) is 18.5. The Morgan fingerprint density at radius 1 is 1.31 bits per heavy atom. The number of piperidine rings is 1. The summed E-state index contributed by atoms with van der Waals surface area (Å²) >= 11 is 0. The minimum atomic E-state index is -0.323. The largest absolute Gasteiger partial charge is 0.348 e. The number of aromatic nitrogens is 2. The standard InChI is InChI=1S/C20H26N4O2/c1-14-8-10-24(11-9-14)20-22-17(13-19(26)23-20)15(2)21-18(25)12-16-6-4-3-5-7-16/h3-7,13-15H,8-12H2,1-2H3,(H,21,25)(H,22,23,26). The zero-order valence-electron chi connectivity index (χ0n) is 15.4. The first kappa shape index (κ1) is 18.2. The van der Waals surface area contributed by atoms with Crippen LogP contribution in [0.3, 0.4) is 0 Å². The molecule has 0 spiro atoms. The Bertz CT molecular complexity index is 795. The van der Waals surface area contributed by atoms with Gasteiger partial charge in [-0.3, -0.25) is 14.6 Å². The van der Waals surface area contributed by atoms with Crippen LogP contribution in [0, 0.1) is 5.92 Å². The van der Waals surface area contributed by atoms with Crippen LogP contribution in [0.4, 0.5) is 5.95 Å². The van der Waals surface area contributed by atoms with E-state index in [4.69, 9.17) is 0 Å². The summed E-state index contributed by atoms with van der Waals surface area (Å²) in [6, 6.07) is 10.7. The van der Waals surface area contributed by atoms with E-state index in [9.17, 15) is 9.59 Å². The molecule has 6 nitrogen and oxygen atoms in total. The summed E-state index contributed by atoms with van der Waals surface area (Å²) in [5, 5.41) is 2.94. The molecule has 2 N–H and O–H groups in total. The molecule has 1 aromatic heterocycles. The van der Waals surface area contributed by atoms with Crippen LogP contribution in [0.1, 0.15) is 44.0 Å². The van der Waals surface area contributed by atoms with Crippen LogP contribution in [0.5, 0.6) is 0 Å². The third kappa shape index (κ3) is 4.71. The number of carbonyl (C=O) groups excluding carboxylic acids is 1. The number of nitrogens with zero attached hydrogens (tertiary/aromatic N) is 2. The molecule has 1 atom stereocenters. The lowest BCUT2D eigenvalue weighted by atomic mass is 10.00. The molecule has 3 rings (SSSR count). The Morgan fingerprint density at radius 3 is 2.69 bits per heavy atom. The van der Waals surface area contributed by atoms with Gasteiger partial charge in [0, 0.05) is 19.2 Å². The first-order valence-corrected chi connectivity index (χ1v) is 9.21. The molecule has 2 heterocycles. The van der Waals surface area contributed by atoms with Gasteiger partial charge in [0.05, 0.1) is 18.2 Å². The lowest BCUT2D eigenvalue weighted by Crippen LogP contribution is -2.36. The molecule has 0 saturated carbocycles. The second kappa shape index (κ2) is 8.17. The molecule has 138 valence electrons. The minimum Gasteiger partial charge on any atom is -0.348 e. The topological polar surface area (TPSA) is 78.1 Å². The summed E-state index contributed by atoms with van der Waals surface area (Å²) in [4.78, 5) is 33.9. The molecule has 1 saturated heterocycles. The van der Waals surface area contributed by atoms with Gasteiger partial charge in [-0.15, -0.1) is 0 Å². The molecule has 1 amide bonds. The number of amides is 1. The van der Waals surface area contributed by atoms with Crippen molar-refractivity contribution < 1.29 is 4.79 Å². The first-order chi connectivity index (χ1) is 12.5. The number of H-pyrrole nitrogens is 1. The van der Waals surface area contributed by atoms with Gasteiger partial charge >= 0.3 is 0 Å². The molecule has 0 radical (unpaired) electrons. The summed E-state index contributed by atoms with van der Waals surface area (Å²) in [6.45, 7) is 5.88. The molecule has 0 bridgehead atoms. The van der Waals surface area contributed by atoms with Gasteiger partial charge in [-0.25, -0.2) is 4.98 Å². The molecule has 1 aliphatic rings. The van der Waals surface area contributed by atoms with Crippen molar-refractivity contribution in [1.82, 2.24) is 15.3 Å². The summed E-state index contributed by atoms with van der Waals surface area (Å²) in [5.41, 5.74) is 1.36. The van der Waals surface area contributed by atoms with E-state index in [-0.39, 0.29) is 17.5 Å². The number of rotatable bonds is 5. The molecule has 0 aliphatic carbocycles. The predicted octanol–water partition coefficient (Wildman–Crippen LogP) is 2.43. The van der Waals surface area contributed by atoms with Crippen LogP contribution in [0.2, 0.25) is 0 Å². The lowest BCUT2D eigenvalue weighted by molar-refractivity contribution is -0.121. The number of benzene rings is 1. The van der Waals surface area contributed by atoms with E-state index in [0.29, 0.717) is 24.0 Å². The van der Waals surface area contributed by atoms with Crippen molar-refractivity contribution in [2.45, 2.75) is 39.2 Å². The maximum absolute atomic E-state index is 12.3. The average Bonchev–Trinajstić information content (AvgIpc) is 2.62. The van der Waals surface area contributed by atoms with Crippen molar-refractivity contribution in [3.05, 3.63) is 58.0 Å². The molecular weight excluding hydrogens is 328 g/mol. The third-order valence-corrected chi connectivity index (χ3v) is 4.86. The average molecular weight is 354 g/mol. The van der Waals surface area contributed by atoms with E-state index in [1.54, 1.807) is 0 Å². The number of anilines is 1. The smallest absolute Gasteiger partial charge is 0.252 e.